The molecule has 5 heteroatoms. The molecule has 0 spiro atoms. The van der Waals surface area contributed by atoms with Crippen LogP contribution in [0.15, 0.2) is 52.9 Å². The SMILES string of the molecule is CC(=O)N(CCC(=O)Oc1ccc2oc3c(c2c1)CCCC3)Cc1ccccc1. The Morgan fingerprint density at radius 3 is 2.66 bits per heavy atom. The van der Waals surface area contributed by atoms with Gasteiger partial charge in [0.05, 0.1) is 6.42 Å². The number of nitrogens with zero attached hydrogens (tertiary/aromatic N) is 1. The van der Waals surface area contributed by atoms with Gasteiger partial charge in [0.1, 0.15) is 17.1 Å². The lowest BCUT2D eigenvalue weighted by molar-refractivity contribution is -0.136. The van der Waals surface area contributed by atoms with Gasteiger partial charge in [-0.15, -0.1) is 0 Å². The van der Waals surface area contributed by atoms with Gasteiger partial charge >= 0.3 is 5.97 Å². The Bertz CT molecular complexity index is 1020. The first-order valence-corrected chi connectivity index (χ1v) is 10.1. The van der Waals surface area contributed by atoms with Gasteiger partial charge in [0.2, 0.25) is 5.91 Å². The van der Waals surface area contributed by atoms with E-state index in [9.17, 15) is 9.59 Å². The molecular weight excluding hydrogens is 366 g/mol. The van der Waals surface area contributed by atoms with Gasteiger partial charge in [0, 0.05) is 37.4 Å². The summed E-state index contributed by atoms with van der Waals surface area (Å²) in [5.41, 5.74) is 3.13. The standard InChI is InChI=1S/C24H25NO4/c1-17(26)25(16-18-7-3-2-4-8-18)14-13-24(27)28-19-11-12-23-21(15-19)20-9-5-6-10-22(20)29-23/h2-4,7-8,11-12,15H,5-6,9-10,13-14,16H2,1H3. The van der Waals surface area contributed by atoms with Crippen LogP contribution in [0.4, 0.5) is 0 Å². The molecule has 0 saturated carbocycles. The van der Waals surface area contributed by atoms with Gasteiger partial charge < -0.3 is 14.1 Å². The largest absolute Gasteiger partial charge is 0.461 e. The molecule has 0 N–H and O–H groups in total. The van der Waals surface area contributed by atoms with E-state index in [1.54, 1.807) is 11.0 Å². The van der Waals surface area contributed by atoms with Gasteiger partial charge in [-0.1, -0.05) is 30.3 Å². The third-order valence-corrected chi connectivity index (χ3v) is 5.41. The Labute approximate surface area is 170 Å². The Kier molecular flexibility index (Phi) is 5.65. The lowest BCUT2D eigenvalue weighted by Crippen LogP contribution is -2.31. The predicted octanol–water partition coefficient (Wildman–Crippen LogP) is 4.66. The molecule has 0 atom stereocenters. The zero-order valence-corrected chi connectivity index (χ0v) is 16.6. The monoisotopic (exact) mass is 391 g/mol. The maximum atomic E-state index is 12.4. The van der Waals surface area contributed by atoms with E-state index >= 15 is 0 Å². The van der Waals surface area contributed by atoms with Crippen LogP contribution in [0.1, 0.15) is 43.1 Å². The number of carbonyl (C=O) groups is 2. The van der Waals surface area contributed by atoms with Crippen molar-refractivity contribution in [3.63, 3.8) is 0 Å². The number of rotatable bonds is 6. The van der Waals surface area contributed by atoms with Crippen molar-refractivity contribution in [2.75, 3.05) is 6.54 Å². The molecule has 0 aliphatic heterocycles. The van der Waals surface area contributed by atoms with E-state index in [1.165, 1.54) is 12.5 Å². The minimum atomic E-state index is -0.346. The molecule has 2 aromatic carbocycles. The van der Waals surface area contributed by atoms with E-state index in [0.717, 1.165) is 48.0 Å². The van der Waals surface area contributed by atoms with Crippen LogP contribution in [0.25, 0.3) is 11.0 Å². The number of fused-ring (bicyclic) bond motifs is 3. The van der Waals surface area contributed by atoms with Crippen molar-refractivity contribution in [1.82, 2.24) is 4.90 Å². The number of hydrogen-bond acceptors (Lipinski definition) is 4. The third kappa shape index (κ3) is 4.50. The molecule has 0 bridgehead atoms. The van der Waals surface area contributed by atoms with Crippen LogP contribution >= 0.6 is 0 Å². The number of furan rings is 1. The van der Waals surface area contributed by atoms with Crippen molar-refractivity contribution in [2.45, 2.75) is 45.6 Å². The number of benzene rings is 2. The number of amides is 1. The van der Waals surface area contributed by atoms with E-state index in [4.69, 9.17) is 9.15 Å². The van der Waals surface area contributed by atoms with Gasteiger partial charge in [-0.3, -0.25) is 9.59 Å². The second kappa shape index (κ2) is 8.52. The minimum Gasteiger partial charge on any atom is -0.461 e. The molecule has 1 heterocycles. The highest BCUT2D eigenvalue weighted by atomic mass is 16.5. The van der Waals surface area contributed by atoms with Crippen LogP contribution in [0.2, 0.25) is 0 Å². The zero-order valence-electron chi connectivity index (χ0n) is 16.6. The minimum absolute atomic E-state index is 0.0619. The Hall–Kier alpha value is -3.08. The molecular formula is C24H25NO4. The van der Waals surface area contributed by atoms with E-state index in [2.05, 4.69) is 0 Å². The second-order valence-corrected chi connectivity index (χ2v) is 7.52. The van der Waals surface area contributed by atoms with Gasteiger partial charge in [-0.2, -0.15) is 0 Å². The summed E-state index contributed by atoms with van der Waals surface area (Å²) in [7, 11) is 0. The number of ether oxygens (including phenoxy) is 1. The maximum Gasteiger partial charge on any atom is 0.312 e. The molecule has 0 fully saturated rings. The van der Waals surface area contributed by atoms with Gasteiger partial charge in [-0.05, 0) is 43.0 Å². The topological polar surface area (TPSA) is 59.8 Å². The Morgan fingerprint density at radius 2 is 1.86 bits per heavy atom. The summed E-state index contributed by atoms with van der Waals surface area (Å²) in [6.45, 7) is 2.33. The fourth-order valence-corrected chi connectivity index (χ4v) is 3.87. The van der Waals surface area contributed by atoms with Crippen LogP contribution in [0.5, 0.6) is 5.75 Å². The number of carbonyl (C=O) groups excluding carboxylic acids is 2. The number of hydrogen-bond donors (Lipinski definition) is 0. The molecule has 150 valence electrons. The summed E-state index contributed by atoms with van der Waals surface area (Å²) < 4.78 is 11.5. The molecule has 0 radical (unpaired) electrons. The lowest BCUT2D eigenvalue weighted by atomic mass is 9.96. The average molecular weight is 391 g/mol. The first-order valence-electron chi connectivity index (χ1n) is 10.1. The summed E-state index contributed by atoms with van der Waals surface area (Å²) in [5.74, 6) is 1.18. The quantitative estimate of drug-likeness (QED) is 0.453. The molecule has 4 rings (SSSR count). The highest BCUT2D eigenvalue weighted by Crippen LogP contribution is 2.34. The van der Waals surface area contributed by atoms with Gasteiger partial charge in [0.15, 0.2) is 0 Å². The fraction of sp³-hybridized carbons (Fsp3) is 0.333. The summed E-state index contributed by atoms with van der Waals surface area (Å²) >= 11 is 0. The highest BCUT2D eigenvalue weighted by Gasteiger charge is 2.19. The van der Waals surface area contributed by atoms with Crippen LogP contribution in [-0.2, 0) is 29.0 Å². The normalized spacial score (nSPS) is 13.1. The highest BCUT2D eigenvalue weighted by molar-refractivity contribution is 5.85. The first-order chi connectivity index (χ1) is 14.1. The molecule has 29 heavy (non-hydrogen) atoms. The fourth-order valence-electron chi connectivity index (χ4n) is 3.87. The molecule has 1 amide bonds. The molecule has 1 aliphatic rings. The van der Waals surface area contributed by atoms with Crippen LogP contribution in [0, 0.1) is 0 Å². The van der Waals surface area contributed by atoms with E-state index in [1.807, 2.05) is 42.5 Å². The summed E-state index contributed by atoms with van der Waals surface area (Å²) in [6.07, 6.45) is 4.44. The van der Waals surface area contributed by atoms with Gasteiger partial charge in [0.25, 0.3) is 0 Å². The smallest absolute Gasteiger partial charge is 0.312 e. The molecule has 0 unspecified atom stereocenters. The molecule has 1 aromatic heterocycles. The molecule has 1 aliphatic carbocycles. The van der Waals surface area contributed by atoms with Gasteiger partial charge in [-0.25, -0.2) is 0 Å². The molecule has 5 nitrogen and oxygen atoms in total. The number of esters is 1. The summed E-state index contributed by atoms with van der Waals surface area (Å²) in [6, 6.07) is 15.3. The van der Waals surface area contributed by atoms with E-state index in [0.29, 0.717) is 18.8 Å². The average Bonchev–Trinajstić information content (AvgIpc) is 3.10. The van der Waals surface area contributed by atoms with Crippen molar-refractivity contribution in [2.24, 2.45) is 0 Å². The van der Waals surface area contributed by atoms with E-state index < -0.39 is 0 Å². The third-order valence-electron chi connectivity index (χ3n) is 5.41. The van der Waals surface area contributed by atoms with Crippen molar-refractivity contribution in [1.29, 1.82) is 0 Å². The lowest BCUT2D eigenvalue weighted by Gasteiger charge is -2.20. The number of aryl methyl sites for hydroxylation is 2. The van der Waals surface area contributed by atoms with Crippen LogP contribution in [-0.4, -0.2) is 23.3 Å². The Balaban J connectivity index is 1.39. The maximum absolute atomic E-state index is 12.4. The van der Waals surface area contributed by atoms with Crippen molar-refractivity contribution >= 4 is 22.8 Å². The van der Waals surface area contributed by atoms with Crippen LogP contribution in [0.3, 0.4) is 0 Å². The zero-order chi connectivity index (χ0) is 20.2. The summed E-state index contributed by atoms with van der Waals surface area (Å²) in [4.78, 5) is 26.0. The predicted molar refractivity (Wildman–Crippen MR) is 111 cm³/mol. The molecule has 3 aromatic rings. The van der Waals surface area contributed by atoms with Crippen molar-refractivity contribution in [3.05, 3.63) is 65.4 Å². The molecule has 0 saturated heterocycles. The summed E-state index contributed by atoms with van der Waals surface area (Å²) in [5, 5.41) is 1.04. The van der Waals surface area contributed by atoms with E-state index in [-0.39, 0.29) is 18.3 Å². The van der Waals surface area contributed by atoms with Crippen molar-refractivity contribution in [3.8, 4) is 5.75 Å². The second-order valence-electron chi connectivity index (χ2n) is 7.52. The first kappa shape index (κ1) is 19.2. The van der Waals surface area contributed by atoms with Crippen molar-refractivity contribution < 1.29 is 18.7 Å². The Morgan fingerprint density at radius 1 is 1.07 bits per heavy atom. The van der Waals surface area contributed by atoms with Crippen LogP contribution < -0.4 is 4.74 Å².